The number of amides is 1. The van der Waals surface area contributed by atoms with Crippen molar-refractivity contribution in [1.82, 2.24) is 9.62 Å². The molecular formula is C19H24N2O3S2. The maximum absolute atomic E-state index is 12.7. The number of aryl methyl sites for hydroxylation is 2. The summed E-state index contributed by atoms with van der Waals surface area (Å²) in [5.74, 6) is -0.148. The van der Waals surface area contributed by atoms with Crippen molar-refractivity contribution in [1.29, 1.82) is 0 Å². The first kappa shape index (κ1) is 19.1. The van der Waals surface area contributed by atoms with E-state index >= 15 is 0 Å². The third-order valence-electron chi connectivity index (χ3n) is 4.45. The summed E-state index contributed by atoms with van der Waals surface area (Å²) in [5.41, 5.74) is 2.71. The van der Waals surface area contributed by atoms with E-state index in [9.17, 15) is 13.2 Å². The topological polar surface area (TPSA) is 66.5 Å². The standard InChI is InChI=1S/C19H24N2O3S2/c1-14-10-15(2)12-16(11-14)19(22)20-13-17-6-7-18(25-17)26(23,24)21-8-4-3-5-9-21/h6-7,10-12H,3-5,8-9,13H2,1-2H3,(H,20,22). The highest BCUT2D eigenvalue weighted by Gasteiger charge is 2.27. The summed E-state index contributed by atoms with van der Waals surface area (Å²) in [7, 11) is -3.40. The molecule has 1 aromatic carbocycles. The molecule has 1 aliphatic rings. The number of hydrogen-bond acceptors (Lipinski definition) is 4. The van der Waals surface area contributed by atoms with E-state index in [0.717, 1.165) is 35.3 Å². The van der Waals surface area contributed by atoms with Gasteiger partial charge in [-0.15, -0.1) is 11.3 Å². The van der Waals surface area contributed by atoms with E-state index in [2.05, 4.69) is 5.32 Å². The van der Waals surface area contributed by atoms with Crippen LogP contribution in [0.1, 0.15) is 45.6 Å². The molecule has 1 aromatic heterocycles. The highest BCUT2D eigenvalue weighted by Crippen LogP contribution is 2.27. The van der Waals surface area contributed by atoms with E-state index in [0.29, 0.717) is 29.4 Å². The van der Waals surface area contributed by atoms with Crippen molar-refractivity contribution in [3.63, 3.8) is 0 Å². The van der Waals surface area contributed by atoms with Gasteiger partial charge in [0.1, 0.15) is 4.21 Å². The van der Waals surface area contributed by atoms with Crippen LogP contribution in [0.2, 0.25) is 0 Å². The molecule has 0 unspecified atom stereocenters. The average molecular weight is 393 g/mol. The highest BCUT2D eigenvalue weighted by molar-refractivity contribution is 7.91. The van der Waals surface area contributed by atoms with E-state index in [1.807, 2.05) is 32.0 Å². The lowest BCUT2D eigenvalue weighted by Gasteiger charge is -2.25. The molecule has 0 bridgehead atoms. The Morgan fingerprint density at radius 3 is 2.38 bits per heavy atom. The second-order valence-electron chi connectivity index (χ2n) is 6.74. The number of rotatable bonds is 5. The van der Waals surface area contributed by atoms with Crippen molar-refractivity contribution >= 4 is 27.3 Å². The van der Waals surface area contributed by atoms with Crippen LogP contribution in [-0.2, 0) is 16.6 Å². The molecule has 1 fully saturated rings. The van der Waals surface area contributed by atoms with E-state index in [4.69, 9.17) is 0 Å². The molecule has 0 saturated carbocycles. The Morgan fingerprint density at radius 2 is 1.73 bits per heavy atom. The Morgan fingerprint density at radius 1 is 1.08 bits per heavy atom. The molecule has 0 spiro atoms. The van der Waals surface area contributed by atoms with Gasteiger partial charge in [-0.25, -0.2) is 8.42 Å². The van der Waals surface area contributed by atoms with Crippen LogP contribution in [0.5, 0.6) is 0 Å². The van der Waals surface area contributed by atoms with Gasteiger partial charge < -0.3 is 5.32 Å². The lowest BCUT2D eigenvalue weighted by molar-refractivity contribution is 0.0951. The molecule has 1 saturated heterocycles. The third-order valence-corrected chi connectivity index (χ3v) is 7.90. The Kier molecular flexibility index (Phi) is 5.79. The number of piperidine rings is 1. The number of hydrogen-bond donors (Lipinski definition) is 1. The second-order valence-corrected chi connectivity index (χ2v) is 10.1. The number of thiophene rings is 1. The number of carbonyl (C=O) groups is 1. The Labute approximate surface area is 159 Å². The van der Waals surface area contributed by atoms with Gasteiger partial charge in [-0.3, -0.25) is 4.79 Å². The molecule has 2 heterocycles. The fourth-order valence-corrected chi connectivity index (χ4v) is 6.17. The van der Waals surface area contributed by atoms with Crippen molar-refractivity contribution < 1.29 is 13.2 Å². The molecule has 1 aliphatic heterocycles. The molecule has 2 aromatic rings. The molecule has 140 valence electrons. The van der Waals surface area contributed by atoms with Gasteiger partial charge >= 0.3 is 0 Å². The van der Waals surface area contributed by atoms with Gasteiger partial charge in [-0.2, -0.15) is 4.31 Å². The van der Waals surface area contributed by atoms with E-state index in [-0.39, 0.29) is 5.91 Å². The number of benzene rings is 1. The summed E-state index contributed by atoms with van der Waals surface area (Å²) in [4.78, 5) is 13.2. The molecule has 0 radical (unpaired) electrons. The number of nitrogens with one attached hydrogen (secondary N) is 1. The Hall–Kier alpha value is -1.70. The minimum absolute atomic E-state index is 0.148. The van der Waals surface area contributed by atoms with E-state index < -0.39 is 10.0 Å². The van der Waals surface area contributed by atoms with Crippen LogP contribution in [0.3, 0.4) is 0 Å². The van der Waals surface area contributed by atoms with Crippen molar-refractivity contribution in [2.24, 2.45) is 0 Å². The predicted octanol–water partition coefficient (Wildman–Crippen LogP) is 3.47. The SMILES string of the molecule is Cc1cc(C)cc(C(=O)NCc2ccc(S(=O)(=O)N3CCCCC3)s2)c1. The van der Waals surface area contributed by atoms with Crippen molar-refractivity contribution in [3.05, 3.63) is 51.9 Å². The second kappa shape index (κ2) is 7.90. The van der Waals surface area contributed by atoms with Crippen LogP contribution in [-0.4, -0.2) is 31.7 Å². The molecular weight excluding hydrogens is 368 g/mol. The van der Waals surface area contributed by atoms with E-state index in [1.165, 1.54) is 11.3 Å². The van der Waals surface area contributed by atoms with Crippen molar-refractivity contribution in [2.75, 3.05) is 13.1 Å². The van der Waals surface area contributed by atoms with Crippen LogP contribution >= 0.6 is 11.3 Å². The van der Waals surface area contributed by atoms with Crippen LogP contribution in [0.4, 0.5) is 0 Å². The zero-order valence-corrected chi connectivity index (χ0v) is 16.8. The van der Waals surface area contributed by atoms with Gasteiger partial charge in [-0.05, 0) is 51.0 Å². The van der Waals surface area contributed by atoms with Crippen LogP contribution in [0.15, 0.2) is 34.5 Å². The van der Waals surface area contributed by atoms with Gasteiger partial charge in [0.25, 0.3) is 15.9 Å². The summed E-state index contributed by atoms with van der Waals surface area (Å²) in [6.07, 6.45) is 2.93. The summed E-state index contributed by atoms with van der Waals surface area (Å²) in [5, 5.41) is 2.88. The minimum Gasteiger partial charge on any atom is -0.347 e. The zero-order chi connectivity index (χ0) is 18.7. The first-order valence-electron chi connectivity index (χ1n) is 8.81. The van der Waals surface area contributed by atoms with E-state index in [1.54, 1.807) is 16.4 Å². The first-order chi connectivity index (χ1) is 12.4. The molecule has 26 heavy (non-hydrogen) atoms. The van der Waals surface area contributed by atoms with Gasteiger partial charge in [0.2, 0.25) is 0 Å². The molecule has 5 nitrogen and oxygen atoms in total. The highest BCUT2D eigenvalue weighted by atomic mass is 32.2. The molecule has 1 N–H and O–H groups in total. The summed E-state index contributed by atoms with van der Waals surface area (Å²) in [6, 6.07) is 9.15. The van der Waals surface area contributed by atoms with Gasteiger partial charge in [0, 0.05) is 23.5 Å². The lowest BCUT2D eigenvalue weighted by atomic mass is 10.1. The van der Waals surface area contributed by atoms with Crippen LogP contribution in [0.25, 0.3) is 0 Å². The third kappa shape index (κ3) is 4.34. The lowest BCUT2D eigenvalue weighted by Crippen LogP contribution is -2.35. The fourth-order valence-electron chi connectivity index (χ4n) is 3.20. The summed E-state index contributed by atoms with van der Waals surface area (Å²) < 4.78 is 27.3. The largest absolute Gasteiger partial charge is 0.347 e. The number of carbonyl (C=O) groups excluding carboxylic acids is 1. The zero-order valence-electron chi connectivity index (χ0n) is 15.1. The predicted molar refractivity (Wildman–Crippen MR) is 104 cm³/mol. The molecule has 0 aliphatic carbocycles. The van der Waals surface area contributed by atoms with Crippen LogP contribution < -0.4 is 5.32 Å². The molecule has 0 atom stereocenters. The maximum atomic E-state index is 12.7. The van der Waals surface area contributed by atoms with Gasteiger partial charge in [-0.1, -0.05) is 23.6 Å². The fraction of sp³-hybridized carbons (Fsp3) is 0.421. The number of sulfonamides is 1. The molecule has 7 heteroatoms. The molecule has 3 rings (SSSR count). The Balaban J connectivity index is 1.66. The number of nitrogens with zero attached hydrogens (tertiary/aromatic N) is 1. The summed E-state index contributed by atoms with van der Waals surface area (Å²) in [6.45, 7) is 5.44. The normalized spacial score (nSPS) is 15.8. The van der Waals surface area contributed by atoms with Gasteiger partial charge in [0.15, 0.2) is 0 Å². The minimum atomic E-state index is -3.40. The van der Waals surface area contributed by atoms with Crippen molar-refractivity contribution in [3.8, 4) is 0 Å². The Bertz CT molecular complexity index is 877. The maximum Gasteiger partial charge on any atom is 0.252 e. The first-order valence-corrected chi connectivity index (χ1v) is 11.1. The average Bonchev–Trinajstić information content (AvgIpc) is 3.09. The van der Waals surface area contributed by atoms with Crippen molar-refractivity contribution in [2.45, 2.75) is 43.9 Å². The quantitative estimate of drug-likeness (QED) is 0.847. The van der Waals surface area contributed by atoms with Crippen LogP contribution in [0, 0.1) is 13.8 Å². The summed E-state index contributed by atoms with van der Waals surface area (Å²) >= 11 is 1.23. The molecule has 1 amide bonds. The monoisotopic (exact) mass is 392 g/mol. The van der Waals surface area contributed by atoms with Gasteiger partial charge in [0.05, 0.1) is 6.54 Å². The smallest absolute Gasteiger partial charge is 0.252 e.